The Kier molecular flexibility index (Phi) is 4.47. The van der Waals surface area contributed by atoms with Gasteiger partial charge in [-0.25, -0.2) is 4.98 Å². The molecule has 2 aromatic rings. The van der Waals surface area contributed by atoms with Crippen LogP contribution in [-0.2, 0) is 4.79 Å². The highest BCUT2D eigenvalue weighted by molar-refractivity contribution is 5.90. The fraction of sp³-hybridized carbons (Fsp3) is 0.611. The molecule has 2 aromatic heterocycles. The lowest BCUT2D eigenvalue weighted by Crippen LogP contribution is -2.42. The van der Waals surface area contributed by atoms with E-state index in [2.05, 4.69) is 20.2 Å². The summed E-state index contributed by atoms with van der Waals surface area (Å²) in [5.74, 6) is 2.80. The van der Waals surface area contributed by atoms with E-state index in [9.17, 15) is 4.79 Å². The number of carbonyl (C=O) groups excluding carboxylic acids is 1. The average Bonchev–Trinajstić information content (AvgIpc) is 2.80. The Morgan fingerprint density at radius 2 is 1.88 bits per heavy atom. The van der Waals surface area contributed by atoms with E-state index in [4.69, 9.17) is 4.42 Å². The van der Waals surface area contributed by atoms with Gasteiger partial charge >= 0.3 is 0 Å². The van der Waals surface area contributed by atoms with Crippen molar-refractivity contribution in [2.24, 2.45) is 5.92 Å². The zero-order chi connectivity index (χ0) is 17.4. The van der Waals surface area contributed by atoms with Crippen molar-refractivity contribution in [3.05, 3.63) is 17.1 Å². The second kappa shape index (κ2) is 6.42. The minimum atomic E-state index is 0.0919. The van der Waals surface area contributed by atoms with Gasteiger partial charge in [0.15, 0.2) is 0 Å². The first-order chi connectivity index (χ1) is 11.4. The zero-order valence-electron chi connectivity index (χ0n) is 15.1. The van der Waals surface area contributed by atoms with Crippen molar-refractivity contribution in [1.82, 2.24) is 15.3 Å². The molecule has 0 atom stereocenters. The molecule has 1 amide bonds. The Balaban J connectivity index is 1.82. The van der Waals surface area contributed by atoms with Gasteiger partial charge in [-0.2, -0.15) is 4.98 Å². The number of anilines is 1. The molecular formula is C18H26N4O2. The van der Waals surface area contributed by atoms with Crippen LogP contribution in [0.25, 0.3) is 11.1 Å². The van der Waals surface area contributed by atoms with Crippen molar-refractivity contribution in [3.8, 4) is 0 Å². The van der Waals surface area contributed by atoms with E-state index in [-0.39, 0.29) is 17.9 Å². The van der Waals surface area contributed by atoms with E-state index in [1.54, 1.807) is 0 Å². The molecule has 0 bridgehead atoms. The highest BCUT2D eigenvalue weighted by Crippen LogP contribution is 2.33. The number of aryl methyl sites for hydroxylation is 3. The molecule has 0 spiro atoms. The van der Waals surface area contributed by atoms with E-state index < -0.39 is 0 Å². The number of fused-ring (bicyclic) bond motifs is 1. The van der Waals surface area contributed by atoms with Gasteiger partial charge in [0.1, 0.15) is 17.4 Å². The molecule has 0 aliphatic carbocycles. The van der Waals surface area contributed by atoms with E-state index in [1.165, 1.54) is 0 Å². The molecule has 0 aromatic carbocycles. The number of furan rings is 1. The zero-order valence-corrected chi connectivity index (χ0v) is 15.1. The monoisotopic (exact) mass is 330 g/mol. The summed E-state index contributed by atoms with van der Waals surface area (Å²) in [5, 5.41) is 4.02. The summed E-state index contributed by atoms with van der Waals surface area (Å²) >= 11 is 0. The quantitative estimate of drug-likeness (QED) is 0.937. The Bertz CT molecular complexity index is 758. The number of nitrogens with zero attached hydrogens (tertiary/aromatic N) is 3. The maximum absolute atomic E-state index is 12.2. The van der Waals surface area contributed by atoms with Crippen molar-refractivity contribution >= 4 is 22.8 Å². The predicted molar refractivity (Wildman–Crippen MR) is 94.2 cm³/mol. The minimum absolute atomic E-state index is 0.0919. The first-order valence-corrected chi connectivity index (χ1v) is 8.66. The van der Waals surface area contributed by atoms with Crippen molar-refractivity contribution in [3.63, 3.8) is 0 Å². The summed E-state index contributed by atoms with van der Waals surface area (Å²) in [5.41, 5.74) is 1.76. The molecule has 6 nitrogen and oxygen atoms in total. The van der Waals surface area contributed by atoms with Gasteiger partial charge in [0.25, 0.3) is 0 Å². The average molecular weight is 330 g/mol. The van der Waals surface area contributed by atoms with Gasteiger partial charge in [-0.05, 0) is 47.5 Å². The maximum Gasteiger partial charge on any atom is 0.231 e. The van der Waals surface area contributed by atoms with Crippen LogP contribution in [-0.4, -0.2) is 35.0 Å². The molecule has 6 heteroatoms. The summed E-state index contributed by atoms with van der Waals surface area (Å²) in [6.45, 7) is 11.5. The summed E-state index contributed by atoms with van der Waals surface area (Å²) in [6.07, 6.45) is 1.69. The Hall–Kier alpha value is -2.11. The molecule has 130 valence electrons. The lowest BCUT2D eigenvalue weighted by Gasteiger charge is -2.32. The van der Waals surface area contributed by atoms with Crippen LogP contribution in [0.2, 0.25) is 0 Å². The second-order valence-corrected chi connectivity index (χ2v) is 6.98. The molecule has 1 fully saturated rings. The Labute approximate surface area is 142 Å². The second-order valence-electron chi connectivity index (χ2n) is 6.98. The predicted octanol–water partition coefficient (Wildman–Crippen LogP) is 2.89. The highest BCUT2D eigenvalue weighted by Gasteiger charge is 2.28. The fourth-order valence-electron chi connectivity index (χ4n) is 3.32. The van der Waals surface area contributed by atoms with Crippen LogP contribution >= 0.6 is 0 Å². The molecule has 1 N–H and O–H groups in total. The smallest absolute Gasteiger partial charge is 0.231 e. The summed E-state index contributed by atoms with van der Waals surface area (Å²) in [7, 11) is 0. The molecular weight excluding hydrogens is 304 g/mol. The van der Waals surface area contributed by atoms with Crippen LogP contribution < -0.4 is 10.2 Å². The molecule has 3 rings (SSSR count). The Morgan fingerprint density at radius 3 is 2.50 bits per heavy atom. The van der Waals surface area contributed by atoms with Gasteiger partial charge in [0.05, 0.1) is 5.39 Å². The van der Waals surface area contributed by atoms with E-state index in [1.807, 2.05) is 34.6 Å². The topological polar surface area (TPSA) is 71.3 Å². The van der Waals surface area contributed by atoms with Crippen molar-refractivity contribution in [1.29, 1.82) is 0 Å². The minimum Gasteiger partial charge on any atom is -0.443 e. The molecule has 1 aliphatic heterocycles. The number of nitrogens with one attached hydrogen (secondary N) is 1. The number of hydrogen-bond acceptors (Lipinski definition) is 5. The first kappa shape index (κ1) is 16.7. The highest BCUT2D eigenvalue weighted by atomic mass is 16.3. The summed E-state index contributed by atoms with van der Waals surface area (Å²) in [6, 6.07) is 0.191. The van der Waals surface area contributed by atoms with E-state index in [0.717, 1.165) is 48.5 Å². The molecule has 24 heavy (non-hydrogen) atoms. The number of amides is 1. The van der Waals surface area contributed by atoms with Crippen LogP contribution in [0.15, 0.2) is 4.42 Å². The lowest BCUT2D eigenvalue weighted by atomic mass is 9.95. The van der Waals surface area contributed by atoms with Crippen LogP contribution in [0.3, 0.4) is 0 Å². The molecule has 0 radical (unpaired) electrons. The van der Waals surface area contributed by atoms with Crippen LogP contribution in [0.4, 0.5) is 5.82 Å². The number of rotatable bonds is 3. The standard InChI is InChI=1S/C18H26N4O2/c1-10(2)19-17(23)14-6-8-22(9-7-14)16-15-11(3)12(4)24-18(15)21-13(5)20-16/h10,14H,6-9H2,1-5H3,(H,19,23). The molecule has 0 saturated carbocycles. The van der Waals surface area contributed by atoms with Gasteiger partial charge in [-0.15, -0.1) is 0 Å². The third-order valence-corrected chi connectivity index (χ3v) is 4.72. The van der Waals surface area contributed by atoms with Crippen LogP contribution in [0.5, 0.6) is 0 Å². The third kappa shape index (κ3) is 3.09. The molecule has 3 heterocycles. The number of piperidine rings is 1. The number of hydrogen-bond donors (Lipinski definition) is 1. The van der Waals surface area contributed by atoms with Gasteiger partial charge in [-0.3, -0.25) is 4.79 Å². The number of carbonyl (C=O) groups is 1. The maximum atomic E-state index is 12.2. The van der Waals surface area contributed by atoms with E-state index >= 15 is 0 Å². The fourth-order valence-corrected chi connectivity index (χ4v) is 3.32. The molecule has 1 saturated heterocycles. The van der Waals surface area contributed by atoms with Gasteiger partial charge in [0.2, 0.25) is 11.6 Å². The SMILES string of the molecule is Cc1nc(N2CCC(C(=O)NC(C)C)CC2)c2c(C)c(C)oc2n1. The van der Waals surface area contributed by atoms with Crippen LogP contribution in [0, 0.1) is 26.7 Å². The summed E-state index contributed by atoms with van der Waals surface area (Å²) in [4.78, 5) is 23.6. The van der Waals surface area contributed by atoms with Crippen molar-refractivity contribution < 1.29 is 9.21 Å². The molecule has 1 aliphatic rings. The van der Waals surface area contributed by atoms with E-state index in [0.29, 0.717) is 11.5 Å². The van der Waals surface area contributed by atoms with Gasteiger partial charge in [0, 0.05) is 30.6 Å². The largest absolute Gasteiger partial charge is 0.443 e. The first-order valence-electron chi connectivity index (χ1n) is 8.66. The Morgan fingerprint density at radius 1 is 1.21 bits per heavy atom. The third-order valence-electron chi connectivity index (χ3n) is 4.72. The lowest BCUT2D eigenvalue weighted by molar-refractivity contribution is -0.126. The van der Waals surface area contributed by atoms with Gasteiger partial charge in [-0.1, -0.05) is 0 Å². The van der Waals surface area contributed by atoms with Crippen molar-refractivity contribution in [2.45, 2.75) is 53.5 Å². The molecule has 0 unspecified atom stereocenters. The van der Waals surface area contributed by atoms with Crippen LogP contribution in [0.1, 0.15) is 43.8 Å². The number of aromatic nitrogens is 2. The normalized spacial score (nSPS) is 16.2. The van der Waals surface area contributed by atoms with Crippen molar-refractivity contribution in [2.75, 3.05) is 18.0 Å². The van der Waals surface area contributed by atoms with Gasteiger partial charge < -0.3 is 14.6 Å². The summed E-state index contributed by atoms with van der Waals surface area (Å²) < 4.78 is 5.77.